The predicted octanol–water partition coefficient (Wildman–Crippen LogP) is 3.56. The van der Waals surface area contributed by atoms with Gasteiger partial charge in [-0.3, -0.25) is 0 Å². The van der Waals surface area contributed by atoms with Gasteiger partial charge in [0, 0.05) is 6.54 Å². The standard InChI is InChI=1S/C11H11BrN2S/c12-10-8-14-11(15-10)13-7-6-9-4-2-1-3-5-9/h1-5,8H,6-7H2,(H,13,14). The molecule has 0 unspecified atom stereocenters. The van der Waals surface area contributed by atoms with Crippen molar-refractivity contribution >= 4 is 32.4 Å². The average Bonchev–Trinajstić information content (AvgIpc) is 2.66. The van der Waals surface area contributed by atoms with Crippen molar-refractivity contribution in [2.75, 3.05) is 11.9 Å². The number of thiazole rings is 1. The highest BCUT2D eigenvalue weighted by Gasteiger charge is 1.97. The quantitative estimate of drug-likeness (QED) is 0.928. The molecule has 78 valence electrons. The zero-order chi connectivity index (χ0) is 10.5. The number of nitrogens with one attached hydrogen (secondary N) is 1. The number of hydrogen-bond donors (Lipinski definition) is 1. The Labute approximate surface area is 101 Å². The molecule has 0 atom stereocenters. The highest BCUT2D eigenvalue weighted by Crippen LogP contribution is 2.22. The number of benzene rings is 1. The Bertz CT molecular complexity index is 414. The van der Waals surface area contributed by atoms with Crippen LogP contribution in [0.2, 0.25) is 0 Å². The summed E-state index contributed by atoms with van der Waals surface area (Å²) in [5, 5.41) is 4.26. The normalized spacial score (nSPS) is 10.2. The van der Waals surface area contributed by atoms with Crippen LogP contribution < -0.4 is 5.32 Å². The average molecular weight is 283 g/mol. The third-order valence-electron chi connectivity index (χ3n) is 2.01. The van der Waals surface area contributed by atoms with Crippen molar-refractivity contribution in [2.24, 2.45) is 0 Å². The van der Waals surface area contributed by atoms with Crippen LogP contribution in [0.3, 0.4) is 0 Å². The molecule has 15 heavy (non-hydrogen) atoms. The molecule has 1 heterocycles. The maximum Gasteiger partial charge on any atom is 0.183 e. The van der Waals surface area contributed by atoms with Crippen molar-refractivity contribution in [1.82, 2.24) is 4.98 Å². The van der Waals surface area contributed by atoms with E-state index in [1.165, 1.54) is 5.56 Å². The van der Waals surface area contributed by atoms with Gasteiger partial charge in [0.15, 0.2) is 5.13 Å². The molecule has 0 aliphatic carbocycles. The summed E-state index contributed by atoms with van der Waals surface area (Å²) in [6.45, 7) is 0.921. The van der Waals surface area contributed by atoms with Crippen LogP contribution in [0.5, 0.6) is 0 Å². The van der Waals surface area contributed by atoms with Gasteiger partial charge in [-0.1, -0.05) is 41.7 Å². The number of aromatic nitrogens is 1. The van der Waals surface area contributed by atoms with Crippen LogP contribution in [-0.4, -0.2) is 11.5 Å². The first-order valence-electron chi connectivity index (χ1n) is 4.74. The lowest BCUT2D eigenvalue weighted by molar-refractivity contribution is 1.02. The van der Waals surface area contributed by atoms with Gasteiger partial charge in [-0.15, -0.1) is 0 Å². The SMILES string of the molecule is Brc1cnc(NCCc2ccccc2)s1. The zero-order valence-electron chi connectivity index (χ0n) is 8.11. The van der Waals surface area contributed by atoms with Crippen molar-refractivity contribution in [1.29, 1.82) is 0 Å². The molecule has 0 fully saturated rings. The molecule has 2 aromatic rings. The molecule has 1 N–H and O–H groups in total. The van der Waals surface area contributed by atoms with Crippen molar-refractivity contribution in [2.45, 2.75) is 6.42 Å². The fraction of sp³-hybridized carbons (Fsp3) is 0.182. The van der Waals surface area contributed by atoms with E-state index in [9.17, 15) is 0 Å². The topological polar surface area (TPSA) is 24.9 Å². The van der Waals surface area contributed by atoms with E-state index in [0.717, 1.165) is 21.9 Å². The Hall–Kier alpha value is -0.870. The summed E-state index contributed by atoms with van der Waals surface area (Å²) in [7, 11) is 0. The van der Waals surface area contributed by atoms with Crippen LogP contribution in [0.15, 0.2) is 40.3 Å². The molecule has 2 nitrogen and oxygen atoms in total. The van der Waals surface area contributed by atoms with Crippen LogP contribution >= 0.6 is 27.3 Å². The molecule has 0 spiro atoms. The summed E-state index contributed by atoms with van der Waals surface area (Å²) in [4.78, 5) is 4.21. The largest absolute Gasteiger partial charge is 0.361 e. The third kappa shape index (κ3) is 3.32. The summed E-state index contributed by atoms with van der Waals surface area (Å²) in [5.74, 6) is 0. The summed E-state index contributed by atoms with van der Waals surface area (Å²) < 4.78 is 1.06. The van der Waals surface area contributed by atoms with Gasteiger partial charge in [0.1, 0.15) is 0 Å². The highest BCUT2D eigenvalue weighted by molar-refractivity contribution is 9.11. The summed E-state index contributed by atoms with van der Waals surface area (Å²) in [6.07, 6.45) is 2.84. The number of hydrogen-bond acceptors (Lipinski definition) is 3. The van der Waals surface area contributed by atoms with Crippen molar-refractivity contribution < 1.29 is 0 Å². The Kier molecular flexibility index (Phi) is 3.75. The Morgan fingerprint density at radius 1 is 1.27 bits per heavy atom. The summed E-state index contributed by atoms with van der Waals surface area (Å²) in [5.41, 5.74) is 1.35. The maximum absolute atomic E-state index is 4.21. The minimum Gasteiger partial charge on any atom is -0.361 e. The Balaban J connectivity index is 1.80. The van der Waals surface area contributed by atoms with Gasteiger partial charge in [0.2, 0.25) is 0 Å². The van der Waals surface area contributed by atoms with E-state index in [1.54, 1.807) is 11.3 Å². The molecule has 2 rings (SSSR count). The molecule has 0 saturated heterocycles. The van der Waals surface area contributed by atoms with Crippen LogP contribution in [-0.2, 0) is 6.42 Å². The molecular formula is C11H11BrN2S. The second-order valence-electron chi connectivity index (χ2n) is 3.13. The van der Waals surface area contributed by atoms with Crippen LogP contribution in [0.1, 0.15) is 5.56 Å². The molecule has 1 aromatic heterocycles. The van der Waals surface area contributed by atoms with Crippen LogP contribution in [0, 0.1) is 0 Å². The number of halogens is 1. The minimum atomic E-state index is 0.921. The van der Waals surface area contributed by atoms with Gasteiger partial charge in [0.05, 0.1) is 9.98 Å². The van der Waals surface area contributed by atoms with E-state index in [2.05, 4.69) is 50.5 Å². The van der Waals surface area contributed by atoms with Crippen LogP contribution in [0.25, 0.3) is 0 Å². The Morgan fingerprint density at radius 2 is 2.07 bits per heavy atom. The first kappa shape index (κ1) is 10.6. The lowest BCUT2D eigenvalue weighted by Gasteiger charge is -2.02. The highest BCUT2D eigenvalue weighted by atomic mass is 79.9. The number of nitrogens with zero attached hydrogens (tertiary/aromatic N) is 1. The van der Waals surface area contributed by atoms with Gasteiger partial charge >= 0.3 is 0 Å². The second-order valence-corrected chi connectivity index (χ2v) is 5.54. The van der Waals surface area contributed by atoms with E-state index < -0.39 is 0 Å². The lowest BCUT2D eigenvalue weighted by atomic mass is 10.2. The third-order valence-corrected chi connectivity index (χ3v) is 3.44. The first-order chi connectivity index (χ1) is 7.34. The van der Waals surface area contributed by atoms with E-state index in [1.807, 2.05) is 12.3 Å². The van der Waals surface area contributed by atoms with E-state index in [-0.39, 0.29) is 0 Å². The predicted molar refractivity (Wildman–Crippen MR) is 68.4 cm³/mol. The maximum atomic E-state index is 4.21. The molecule has 0 bridgehead atoms. The number of anilines is 1. The molecule has 0 amide bonds. The fourth-order valence-corrected chi connectivity index (χ4v) is 2.43. The molecule has 1 aromatic carbocycles. The monoisotopic (exact) mass is 282 g/mol. The molecule has 0 saturated carbocycles. The van der Waals surface area contributed by atoms with Crippen LogP contribution in [0.4, 0.5) is 5.13 Å². The number of rotatable bonds is 4. The smallest absolute Gasteiger partial charge is 0.183 e. The molecular weight excluding hydrogens is 272 g/mol. The second kappa shape index (κ2) is 5.28. The fourth-order valence-electron chi connectivity index (χ4n) is 1.29. The van der Waals surface area contributed by atoms with Crippen molar-refractivity contribution in [3.8, 4) is 0 Å². The Morgan fingerprint density at radius 3 is 2.73 bits per heavy atom. The van der Waals surface area contributed by atoms with E-state index in [0.29, 0.717) is 0 Å². The van der Waals surface area contributed by atoms with Crippen molar-refractivity contribution in [3.05, 3.63) is 45.9 Å². The summed E-state index contributed by atoms with van der Waals surface area (Å²) >= 11 is 5.00. The molecule has 0 aliphatic heterocycles. The molecule has 4 heteroatoms. The zero-order valence-corrected chi connectivity index (χ0v) is 10.5. The van der Waals surface area contributed by atoms with Gasteiger partial charge in [-0.2, -0.15) is 0 Å². The van der Waals surface area contributed by atoms with E-state index in [4.69, 9.17) is 0 Å². The summed E-state index contributed by atoms with van der Waals surface area (Å²) in [6, 6.07) is 10.4. The molecule has 0 radical (unpaired) electrons. The molecule has 0 aliphatic rings. The van der Waals surface area contributed by atoms with Crippen molar-refractivity contribution in [3.63, 3.8) is 0 Å². The van der Waals surface area contributed by atoms with Gasteiger partial charge < -0.3 is 5.32 Å². The van der Waals surface area contributed by atoms with Gasteiger partial charge in [0.25, 0.3) is 0 Å². The minimum absolute atomic E-state index is 0.921. The van der Waals surface area contributed by atoms with Gasteiger partial charge in [-0.05, 0) is 27.9 Å². The van der Waals surface area contributed by atoms with Gasteiger partial charge in [-0.25, -0.2) is 4.98 Å². The lowest BCUT2D eigenvalue weighted by Crippen LogP contribution is -2.03. The van der Waals surface area contributed by atoms with E-state index >= 15 is 0 Å². The first-order valence-corrected chi connectivity index (χ1v) is 6.34.